The number of rotatable bonds is 6. The maximum Gasteiger partial charge on any atom is 0.237 e. The average molecular weight is 444 g/mol. The van der Waals surface area contributed by atoms with Gasteiger partial charge in [0.05, 0.1) is 33.3 Å². The van der Waals surface area contributed by atoms with Crippen LogP contribution in [0.15, 0.2) is 48.5 Å². The maximum absolute atomic E-state index is 12.9. The molecule has 8 heteroatoms. The van der Waals surface area contributed by atoms with Crippen molar-refractivity contribution in [1.82, 2.24) is 0 Å². The number of benzene rings is 2. The highest BCUT2D eigenvalue weighted by atomic mass is 35.5. The number of carbonyl (C=O) groups is 1. The minimum absolute atomic E-state index is 0.0189. The van der Waals surface area contributed by atoms with Gasteiger partial charge in [-0.15, -0.1) is 11.8 Å². The molecule has 1 aliphatic rings. The number of hydrogen-bond donors (Lipinski definition) is 0. The van der Waals surface area contributed by atoms with Crippen molar-refractivity contribution < 1.29 is 13.2 Å². The smallest absolute Gasteiger partial charge is 0.237 e. The van der Waals surface area contributed by atoms with Crippen LogP contribution in [0, 0.1) is 0 Å². The Morgan fingerprint density at radius 3 is 2.48 bits per heavy atom. The summed E-state index contributed by atoms with van der Waals surface area (Å²) in [7, 11) is -3.08. The Morgan fingerprint density at radius 1 is 1.11 bits per heavy atom. The molecule has 1 amide bonds. The van der Waals surface area contributed by atoms with Crippen LogP contribution in [0.2, 0.25) is 10.0 Å². The first-order chi connectivity index (χ1) is 12.9. The van der Waals surface area contributed by atoms with Gasteiger partial charge in [0.15, 0.2) is 9.84 Å². The Morgan fingerprint density at radius 2 is 1.85 bits per heavy atom. The second kappa shape index (κ2) is 8.86. The number of amides is 1. The zero-order valence-electron chi connectivity index (χ0n) is 14.5. The van der Waals surface area contributed by atoms with Gasteiger partial charge in [-0.3, -0.25) is 4.79 Å². The molecule has 2 aromatic carbocycles. The predicted molar refractivity (Wildman–Crippen MR) is 114 cm³/mol. The summed E-state index contributed by atoms with van der Waals surface area (Å²) >= 11 is 13.4. The van der Waals surface area contributed by atoms with Gasteiger partial charge in [-0.1, -0.05) is 47.5 Å². The van der Waals surface area contributed by atoms with E-state index in [9.17, 15) is 13.2 Å². The Kier molecular flexibility index (Phi) is 6.74. The SMILES string of the molecule is O=C(CSCc1ccc(Cl)c(Cl)c1)N(c1ccccc1)[C@H]1CCS(=O)(=O)C1. The molecule has 1 saturated heterocycles. The first kappa shape index (κ1) is 20.5. The molecule has 1 fully saturated rings. The van der Waals surface area contributed by atoms with Crippen LogP contribution in [-0.4, -0.2) is 37.6 Å². The van der Waals surface area contributed by atoms with Gasteiger partial charge in [-0.25, -0.2) is 8.42 Å². The fourth-order valence-corrected chi connectivity index (χ4v) is 5.93. The number of para-hydroxylation sites is 1. The van der Waals surface area contributed by atoms with E-state index in [2.05, 4.69) is 0 Å². The zero-order valence-corrected chi connectivity index (χ0v) is 17.6. The van der Waals surface area contributed by atoms with Crippen molar-refractivity contribution in [2.24, 2.45) is 0 Å². The van der Waals surface area contributed by atoms with Crippen molar-refractivity contribution in [3.8, 4) is 0 Å². The summed E-state index contributed by atoms with van der Waals surface area (Å²) in [5, 5.41) is 0.988. The van der Waals surface area contributed by atoms with E-state index in [1.807, 2.05) is 36.4 Å². The third-order valence-corrected chi connectivity index (χ3v) is 7.83. The lowest BCUT2D eigenvalue weighted by Crippen LogP contribution is -2.42. The van der Waals surface area contributed by atoms with Gasteiger partial charge in [0.1, 0.15) is 0 Å². The van der Waals surface area contributed by atoms with Gasteiger partial charge in [0, 0.05) is 11.4 Å². The summed E-state index contributed by atoms with van der Waals surface area (Å²) in [6, 6.07) is 14.3. The number of carbonyl (C=O) groups excluding carboxylic acids is 1. The molecule has 3 rings (SSSR count). The van der Waals surface area contributed by atoms with Crippen molar-refractivity contribution in [3.63, 3.8) is 0 Å². The van der Waals surface area contributed by atoms with Crippen molar-refractivity contribution in [2.75, 3.05) is 22.2 Å². The molecular formula is C19H19Cl2NO3S2. The lowest BCUT2D eigenvalue weighted by molar-refractivity contribution is -0.116. The van der Waals surface area contributed by atoms with E-state index in [1.54, 1.807) is 17.0 Å². The van der Waals surface area contributed by atoms with E-state index in [1.165, 1.54) is 11.8 Å². The molecular weight excluding hydrogens is 425 g/mol. The van der Waals surface area contributed by atoms with E-state index >= 15 is 0 Å². The monoisotopic (exact) mass is 443 g/mol. The predicted octanol–water partition coefficient (Wildman–Crippen LogP) is 4.45. The second-order valence-electron chi connectivity index (χ2n) is 6.40. The van der Waals surface area contributed by atoms with Crippen LogP contribution in [0.3, 0.4) is 0 Å². The Hall–Kier alpha value is -1.21. The van der Waals surface area contributed by atoms with Gasteiger partial charge in [-0.2, -0.15) is 0 Å². The van der Waals surface area contributed by atoms with Gasteiger partial charge >= 0.3 is 0 Å². The average Bonchev–Trinajstić information content (AvgIpc) is 2.98. The topological polar surface area (TPSA) is 54.5 Å². The summed E-state index contributed by atoms with van der Waals surface area (Å²) < 4.78 is 23.8. The Balaban J connectivity index is 1.68. The van der Waals surface area contributed by atoms with Crippen molar-refractivity contribution >= 4 is 56.4 Å². The Labute approximate surface area is 173 Å². The third-order valence-electron chi connectivity index (χ3n) is 4.35. The highest BCUT2D eigenvalue weighted by molar-refractivity contribution is 7.99. The van der Waals surface area contributed by atoms with Gasteiger partial charge < -0.3 is 4.90 Å². The highest BCUT2D eigenvalue weighted by Gasteiger charge is 2.35. The number of halogens is 2. The zero-order chi connectivity index (χ0) is 19.4. The summed E-state index contributed by atoms with van der Waals surface area (Å²) in [6.45, 7) is 0. The molecule has 0 unspecified atom stereocenters. The number of thioether (sulfide) groups is 1. The fourth-order valence-electron chi connectivity index (χ4n) is 3.08. The first-order valence-corrected chi connectivity index (χ1v) is 12.2. The molecule has 27 heavy (non-hydrogen) atoms. The molecule has 144 valence electrons. The molecule has 1 aliphatic heterocycles. The molecule has 0 saturated carbocycles. The van der Waals surface area contributed by atoms with Gasteiger partial charge in [-0.05, 0) is 36.2 Å². The van der Waals surface area contributed by atoms with Crippen LogP contribution in [0.1, 0.15) is 12.0 Å². The van der Waals surface area contributed by atoms with E-state index in [0.717, 1.165) is 11.3 Å². The first-order valence-electron chi connectivity index (χ1n) is 8.45. The molecule has 1 heterocycles. The minimum Gasteiger partial charge on any atom is -0.308 e. The summed E-state index contributed by atoms with van der Waals surface area (Å²) in [5.74, 6) is 0.934. The molecule has 0 aromatic heterocycles. The van der Waals surface area contributed by atoms with Crippen LogP contribution in [-0.2, 0) is 20.4 Å². The largest absolute Gasteiger partial charge is 0.308 e. The fraction of sp³-hybridized carbons (Fsp3) is 0.316. The molecule has 0 aliphatic carbocycles. The quantitative estimate of drug-likeness (QED) is 0.661. The van der Waals surface area contributed by atoms with Crippen molar-refractivity contribution in [1.29, 1.82) is 0 Å². The highest BCUT2D eigenvalue weighted by Crippen LogP contribution is 2.27. The molecule has 2 aromatic rings. The van der Waals surface area contributed by atoms with Crippen LogP contribution in [0.4, 0.5) is 5.69 Å². The van der Waals surface area contributed by atoms with Crippen LogP contribution in [0.5, 0.6) is 0 Å². The molecule has 0 spiro atoms. The minimum atomic E-state index is -3.08. The molecule has 0 radical (unpaired) electrons. The second-order valence-corrected chi connectivity index (χ2v) is 10.4. The normalized spacial score (nSPS) is 18.4. The number of nitrogens with zero attached hydrogens (tertiary/aromatic N) is 1. The molecule has 1 atom stereocenters. The summed E-state index contributed by atoms with van der Waals surface area (Å²) in [6.07, 6.45) is 0.473. The number of hydrogen-bond acceptors (Lipinski definition) is 4. The van der Waals surface area contributed by atoms with E-state index < -0.39 is 9.84 Å². The van der Waals surface area contributed by atoms with Crippen LogP contribution < -0.4 is 4.90 Å². The maximum atomic E-state index is 12.9. The van der Waals surface area contributed by atoms with E-state index in [4.69, 9.17) is 23.2 Å². The summed E-state index contributed by atoms with van der Waals surface area (Å²) in [4.78, 5) is 14.6. The third kappa shape index (κ3) is 5.41. The van der Waals surface area contributed by atoms with Crippen LogP contribution >= 0.6 is 35.0 Å². The van der Waals surface area contributed by atoms with Gasteiger partial charge in [0.25, 0.3) is 0 Å². The van der Waals surface area contributed by atoms with Gasteiger partial charge in [0.2, 0.25) is 5.91 Å². The standard InChI is InChI=1S/C19H19Cl2NO3S2/c20-17-7-6-14(10-18(17)21)11-26-12-19(23)22(15-4-2-1-3-5-15)16-8-9-27(24,25)13-16/h1-7,10,16H,8-9,11-13H2/t16-/m0/s1. The Bertz CT molecular complexity index is 920. The molecule has 4 nitrogen and oxygen atoms in total. The molecule has 0 N–H and O–H groups in total. The van der Waals surface area contributed by atoms with Crippen molar-refractivity contribution in [2.45, 2.75) is 18.2 Å². The number of sulfone groups is 1. The van der Waals surface area contributed by atoms with Crippen LogP contribution in [0.25, 0.3) is 0 Å². The lowest BCUT2D eigenvalue weighted by atomic mass is 10.2. The molecule has 0 bridgehead atoms. The van der Waals surface area contributed by atoms with Crippen molar-refractivity contribution in [3.05, 3.63) is 64.1 Å². The van der Waals surface area contributed by atoms with E-state index in [0.29, 0.717) is 22.2 Å². The lowest BCUT2D eigenvalue weighted by Gasteiger charge is -2.28. The van der Waals surface area contributed by atoms with E-state index in [-0.39, 0.29) is 29.2 Å². The summed E-state index contributed by atoms with van der Waals surface area (Å²) in [5.41, 5.74) is 1.72. The number of anilines is 1.